The van der Waals surface area contributed by atoms with Crippen molar-refractivity contribution in [3.63, 3.8) is 0 Å². The Bertz CT molecular complexity index is 479. The van der Waals surface area contributed by atoms with E-state index in [4.69, 9.17) is 0 Å². The van der Waals surface area contributed by atoms with E-state index >= 15 is 0 Å². The van der Waals surface area contributed by atoms with E-state index in [-0.39, 0.29) is 5.91 Å². The van der Waals surface area contributed by atoms with Crippen LogP contribution < -0.4 is 15.5 Å². The summed E-state index contributed by atoms with van der Waals surface area (Å²) in [5, 5.41) is 6.00. The summed E-state index contributed by atoms with van der Waals surface area (Å²) >= 11 is 0. The van der Waals surface area contributed by atoms with Crippen LogP contribution >= 0.6 is 0 Å². The van der Waals surface area contributed by atoms with Gasteiger partial charge < -0.3 is 15.5 Å². The molecule has 1 aromatic rings. The number of carbonyl (C=O) groups is 1. The van der Waals surface area contributed by atoms with Crippen LogP contribution in [0, 0.1) is 5.92 Å². The molecule has 0 aliphatic carbocycles. The minimum absolute atomic E-state index is 0.130. The number of hydrogen-bond donors (Lipinski definition) is 2. The van der Waals surface area contributed by atoms with Crippen LogP contribution in [0.25, 0.3) is 0 Å². The van der Waals surface area contributed by atoms with Crippen molar-refractivity contribution in [2.75, 3.05) is 36.9 Å². The summed E-state index contributed by atoms with van der Waals surface area (Å²) in [6, 6.07) is 2.02. The minimum atomic E-state index is 0.130. The maximum absolute atomic E-state index is 11.4. The Morgan fingerprint density at radius 2 is 2.32 bits per heavy atom. The van der Waals surface area contributed by atoms with E-state index in [2.05, 4.69) is 32.4 Å². The van der Waals surface area contributed by atoms with Gasteiger partial charge in [-0.05, 0) is 31.6 Å². The van der Waals surface area contributed by atoms with Crippen molar-refractivity contribution in [1.82, 2.24) is 15.3 Å². The van der Waals surface area contributed by atoms with Crippen molar-refractivity contribution in [3.05, 3.63) is 12.4 Å². The predicted molar refractivity (Wildman–Crippen MR) is 89.1 cm³/mol. The Morgan fingerprint density at radius 3 is 3.09 bits per heavy atom. The summed E-state index contributed by atoms with van der Waals surface area (Å²) in [7, 11) is 1.70. The van der Waals surface area contributed by atoms with Crippen LogP contribution in [0.3, 0.4) is 0 Å². The molecule has 0 saturated carbocycles. The van der Waals surface area contributed by atoms with Crippen LogP contribution in [-0.4, -0.2) is 42.6 Å². The molecule has 1 aliphatic heterocycles. The van der Waals surface area contributed by atoms with Crippen LogP contribution in [0.1, 0.15) is 39.0 Å². The highest BCUT2D eigenvalue weighted by Crippen LogP contribution is 2.25. The number of hydrogen-bond acceptors (Lipinski definition) is 5. The predicted octanol–water partition coefficient (Wildman–Crippen LogP) is 2.04. The highest BCUT2D eigenvalue weighted by Gasteiger charge is 2.21. The molecule has 0 bridgehead atoms. The number of rotatable bonds is 7. The minimum Gasteiger partial charge on any atom is -0.370 e. The number of piperidine rings is 1. The van der Waals surface area contributed by atoms with Crippen molar-refractivity contribution in [2.45, 2.75) is 39.0 Å². The molecule has 22 heavy (non-hydrogen) atoms. The van der Waals surface area contributed by atoms with Crippen molar-refractivity contribution >= 4 is 17.5 Å². The standard InChI is InChI=1S/C16H27N5O/c1-3-8-18-14-10-15(20-12-19-14)21-9-4-5-13(11-21)6-7-16(22)17-2/h10,12-13H,3-9,11H2,1-2H3,(H,17,22)(H,18,19,20). The second-order valence-corrected chi connectivity index (χ2v) is 5.85. The summed E-state index contributed by atoms with van der Waals surface area (Å²) in [6.45, 7) is 5.06. The second-order valence-electron chi connectivity index (χ2n) is 5.85. The monoisotopic (exact) mass is 305 g/mol. The maximum Gasteiger partial charge on any atom is 0.219 e. The molecular weight excluding hydrogens is 278 g/mol. The Morgan fingerprint density at radius 1 is 1.45 bits per heavy atom. The molecule has 2 heterocycles. The van der Waals surface area contributed by atoms with Gasteiger partial charge in [0.15, 0.2) is 0 Å². The lowest BCUT2D eigenvalue weighted by atomic mass is 9.93. The molecule has 122 valence electrons. The van der Waals surface area contributed by atoms with E-state index in [1.54, 1.807) is 13.4 Å². The first-order valence-electron chi connectivity index (χ1n) is 8.24. The second kappa shape index (κ2) is 8.56. The van der Waals surface area contributed by atoms with Gasteiger partial charge in [-0.1, -0.05) is 6.92 Å². The zero-order valence-corrected chi connectivity index (χ0v) is 13.6. The number of nitrogens with one attached hydrogen (secondary N) is 2. The first kappa shape index (κ1) is 16.5. The van der Waals surface area contributed by atoms with Crippen LogP contribution in [0.5, 0.6) is 0 Å². The largest absolute Gasteiger partial charge is 0.370 e. The summed E-state index contributed by atoms with van der Waals surface area (Å²) in [5.41, 5.74) is 0. The molecule has 6 nitrogen and oxygen atoms in total. The third-order valence-electron chi connectivity index (χ3n) is 4.11. The normalized spacial score (nSPS) is 18.1. The van der Waals surface area contributed by atoms with Gasteiger partial charge in [-0.3, -0.25) is 4.79 Å². The molecule has 2 N–H and O–H groups in total. The van der Waals surface area contributed by atoms with Gasteiger partial charge in [0.25, 0.3) is 0 Å². The van der Waals surface area contributed by atoms with Crippen molar-refractivity contribution in [3.8, 4) is 0 Å². The van der Waals surface area contributed by atoms with Crippen LogP contribution in [0.4, 0.5) is 11.6 Å². The van der Waals surface area contributed by atoms with Crippen LogP contribution in [-0.2, 0) is 4.79 Å². The van der Waals surface area contributed by atoms with Gasteiger partial charge in [-0.2, -0.15) is 0 Å². The molecule has 0 radical (unpaired) electrons. The highest BCUT2D eigenvalue weighted by atomic mass is 16.1. The fourth-order valence-electron chi connectivity index (χ4n) is 2.84. The molecule has 0 aromatic carbocycles. The number of aromatic nitrogens is 2. The average Bonchev–Trinajstić information content (AvgIpc) is 2.58. The first-order chi connectivity index (χ1) is 10.7. The molecule has 1 aliphatic rings. The van der Waals surface area contributed by atoms with Gasteiger partial charge >= 0.3 is 0 Å². The van der Waals surface area contributed by atoms with Gasteiger partial charge in [0, 0.05) is 39.2 Å². The van der Waals surface area contributed by atoms with E-state index < -0.39 is 0 Å². The Kier molecular flexibility index (Phi) is 6.43. The Balaban J connectivity index is 1.92. The van der Waals surface area contributed by atoms with Gasteiger partial charge in [0.1, 0.15) is 18.0 Å². The number of carbonyl (C=O) groups excluding carboxylic acids is 1. The zero-order chi connectivity index (χ0) is 15.8. The molecular formula is C16H27N5O. The van der Waals surface area contributed by atoms with Crippen molar-refractivity contribution in [2.24, 2.45) is 5.92 Å². The number of anilines is 2. The first-order valence-corrected chi connectivity index (χ1v) is 8.24. The van der Waals surface area contributed by atoms with Crippen molar-refractivity contribution < 1.29 is 4.79 Å². The number of nitrogens with zero attached hydrogens (tertiary/aromatic N) is 3. The quantitative estimate of drug-likeness (QED) is 0.807. The molecule has 6 heteroatoms. The fourth-order valence-corrected chi connectivity index (χ4v) is 2.84. The Labute approximate surface area is 132 Å². The van der Waals surface area contributed by atoms with E-state index in [9.17, 15) is 4.79 Å². The lowest BCUT2D eigenvalue weighted by Gasteiger charge is -2.33. The van der Waals surface area contributed by atoms with Crippen LogP contribution in [0.15, 0.2) is 12.4 Å². The topological polar surface area (TPSA) is 70.2 Å². The molecule has 1 saturated heterocycles. The lowest BCUT2D eigenvalue weighted by Crippen LogP contribution is -2.36. The third kappa shape index (κ3) is 4.86. The molecule has 2 rings (SSSR count). The van der Waals surface area contributed by atoms with Gasteiger partial charge in [-0.15, -0.1) is 0 Å². The smallest absolute Gasteiger partial charge is 0.219 e. The summed E-state index contributed by atoms with van der Waals surface area (Å²) < 4.78 is 0. The summed E-state index contributed by atoms with van der Waals surface area (Å²) in [4.78, 5) is 22.4. The van der Waals surface area contributed by atoms with Gasteiger partial charge in [-0.25, -0.2) is 9.97 Å². The SMILES string of the molecule is CCCNc1cc(N2CCCC(CCC(=O)NC)C2)ncn1. The van der Waals surface area contributed by atoms with E-state index in [1.165, 1.54) is 6.42 Å². The van der Waals surface area contributed by atoms with E-state index in [1.807, 2.05) is 6.07 Å². The molecule has 1 unspecified atom stereocenters. The van der Waals surface area contributed by atoms with E-state index in [0.29, 0.717) is 12.3 Å². The van der Waals surface area contributed by atoms with Gasteiger partial charge in [0.05, 0.1) is 0 Å². The summed E-state index contributed by atoms with van der Waals surface area (Å²) in [5.74, 6) is 2.57. The lowest BCUT2D eigenvalue weighted by molar-refractivity contribution is -0.120. The van der Waals surface area contributed by atoms with Crippen LogP contribution in [0.2, 0.25) is 0 Å². The zero-order valence-electron chi connectivity index (χ0n) is 13.6. The fraction of sp³-hybridized carbons (Fsp3) is 0.688. The maximum atomic E-state index is 11.4. The molecule has 1 fully saturated rings. The van der Waals surface area contributed by atoms with Crippen molar-refractivity contribution in [1.29, 1.82) is 0 Å². The molecule has 0 spiro atoms. The Hall–Kier alpha value is -1.85. The van der Waals surface area contributed by atoms with Gasteiger partial charge in [0.2, 0.25) is 5.91 Å². The average molecular weight is 305 g/mol. The number of amides is 1. The molecule has 1 amide bonds. The highest BCUT2D eigenvalue weighted by molar-refractivity contribution is 5.75. The molecule has 1 aromatic heterocycles. The summed E-state index contributed by atoms with van der Waals surface area (Å²) in [6.07, 6.45) is 6.61. The molecule has 1 atom stereocenters. The third-order valence-corrected chi connectivity index (χ3v) is 4.11. The van der Waals surface area contributed by atoms with E-state index in [0.717, 1.165) is 50.5 Å².